The van der Waals surface area contributed by atoms with Gasteiger partial charge in [0.2, 0.25) is 0 Å². The number of hydrogen-bond acceptors (Lipinski definition) is 4. The lowest BCUT2D eigenvalue weighted by Gasteiger charge is -1.95. The highest BCUT2D eigenvalue weighted by Crippen LogP contribution is 2.31. The van der Waals surface area contributed by atoms with Crippen LogP contribution >= 0.6 is 22.7 Å². The Hall–Kier alpha value is -2.24. The van der Waals surface area contributed by atoms with E-state index in [2.05, 4.69) is 22.5 Å². The summed E-state index contributed by atoms with van der Waals surface area (Å²) in [5, 5.41) is 10.9. The fourth-order valence-electron chi connectivity index (χ4n) is 1.80. The molecule has 0 saturated heterocycles. The molecule has 21 heavy (non-hydrogen) atoms. The third-order valence-electron chi connectivity index (χ3n) is 2.85. The average molecular weight is 313 g/mol. The van der Waals surface area contributed by atoms with Crippen molar-refractivity contribution in [3.63, 3.8) is 0 Å². The molecule has 2 aromatic heterocycles. The number of rotatable bonds is 4. The number of carboxylic acid groups (broad SMARTS) is 1. The molecular weight excluding hydrogens is 302 g/mol. The van der Waals surface area contributed by atoms with Gasteiger partial charge in [0.05, 0.1) is 11.3 Å². The van der Waals surface area contributed by atoms with Crippen LogP contribution in [0.15, 0.2) is 58.9 Å². The van der Waals surface area contributed by atoms with Crippen molar-refractivity contribution in [2.45, 2.75) is 0 Å². The van der Waals surface area contributed by atoms with E-state index in [1.807, 2.05) is 12.1 Å². The fraction of sp³-hybridized carbons (Fsp3) is 0. The molecule has 0 radical (unpaired) electrons. The van der Waals surface area contributed by atoms with Crippen LogP contribution in [-0.2, 0) is 0 Å². The van der Waals surface area contributed by atoms with Crippen LogP contribution in [-0.4, -0.2) is 17.3 Å². The van der Waals surface area contributed by atoms with Gasteiger partial charge in [-0.25, -0.2) is 4.79 Å². The molecule has 3 rings (SSSR count). The summed E-state index contributed by atoms with van der Waals surface area (Å²) in [5.41, 5.74) is 1.01. The molecule has 3 nitrogen and oxygen atoms in total. The van der Waals surface area contributed by atoms with Gasteiger partial charge in [-0.3, -0.25) is 4.99 Å². The molecule has 0 bridgehead atoms. The Morgan fingerprint density at radius 1 is 1.05 bits per heavy atom. The molecule has 0 spiro atoms. The summed E-state index contributed by atoms with van der Waals surface area (Å²) in [5.74, 6) is -0.927. The predicted octanol–water partition coefficient (Wildman–Crippen LogP) is 4.93. The highest BCUT2D eigenvalue weighted by atomic mass is 32.1. The van der Waals surface area contributed by atoms with Crippen LogP contribution in [0.1, 0.15) is 15.2 Å². The van der Waals surface area contributed by atoms with Gasteiger partial charge in [0.25, 0.3) is 0 Å². The fourth-order valence-corrected chi connectivity index (χ4v) is 3.52. The van der Waals surface area contributed by atoms with Gasteiger partial charge in [0, 0.05) is 20.8 Å². The first kappa shape index (κ1) is 13.7. The molecule has 0 aliphatic rings. The zero-order chi connectivity index (χ0) is 14.7. The summed E-state index contributed by atoms with van der Waals surface area (Å²) in [6.07, 6.45) is 1.80. The Balaban J connectivity index is 1.75. The predicted molar refractivity (Wildman–Crippen MR) is 88.3 cm³/mol. The molecule has 104 valence electrons. The smallest absolute Gasteiger partial charge is 0.335 e. The van der Waals surface area contributed by atoms with Crippen LogP contribution in [0.5, 0.6) is 0 Å². The van der Waals surface area contributed by atoms with Crippen LogP contribution in [0.4, 0.5) is 5.69 Å². The molecule has 1 aromatic carbocycles. The monoisotopic (exact) mass is 313 g/mol. The van der Waals surface area contributed by atoms with Gasteiger partial charge in [-0.05, 0) is 47.8 Å². The number of carbonyl (C=O) groups is 1. The van der Waals surface area contributed by atoms with Crippen LogP contribution in [0, 0.1) is 0 Å². The number of hydrogen-bond donors (Lipinski definition) is 1. The van der Waals surface area contributed by atoms with Crippen molar-refractivity contribution in [2.75, 3.05) is 0 Å². The van der Waals surface area contributed by atoms with E-state index in [9.17, 15) is 4.79 Å². The first-order valence-corrected chi connectivity index (χ1v) is 7.93. The minimum atomic E-state index is -0.927. The Bertz CT molecular complexity index is 771. The lowest BCUT2D eigenvalue weighted by atomic mass is 10.2. The molecule has 3 aromatic rings. The normalized spacial score (nSPS) is 11.0. The number of nitrogens with zero attached hydrogens (tertiary/aromatic N) is 1. The third kappa shape index (κ3) is 3.26. The van der Waals surface area contributed by atoms with Crippen molar-refractivity contribution in [3.8, 4) is 9.75 Å². The maximum absolute atomic E-state index is 10.8. The second-order valence-electron chi connectivity index (χ2n) is 4.29. The highest BCUT2D eigenvalue weighted by Gasteiger charge is 2.03. The average Bonchev–Trinajstić information content (AvgIpc) is 3.16. The number of thiophene rings is 2. The minimum absolute atomic E-state index is 0.269. The van der Waals surface area contributed by atoms with E-state index in [0.29, 0.717) is 0 Å². The quantitative estimate of drug-likeness (QED) is 0.695. The van der Waals surface area contributed by atoms with E-state index in [1.165, 1.54) is 9.75 Å². The Morgan fingerprint density at radius 3 is 2.52 bits per heavy atom. The minimum Gasteiger partial charge on any atom is -0.478 e. The summed E-state index contributed by atoms with van der Waals surface area (Å²) in [4.78, 5) is 18.7. The van der Waals surface area contributed by atoms with Crippen molar-refractivity contribution in [2.24, 2.45) is 4.99 Å². The van der Waals surface area contributed by atoms with E-state index in [1.54, 1.807) is 53.2 Å². The Kier molecular flexibility index (Phi) is 3.94. The van der Waals surface area contributed by atoms with E-state index < -0.39 is 5.97 Å². The molecule has 0 aliphatic carbocycles. The third-order valence-corrected chi connectivity index (χ3v) is 4.93. The largest absolute Gasteiger partial charge is 0.478 e. The van der Waals surface area contributed by atoms with Gasteiger partial charge < -0.3 is 5.11 Å². The molecule has 2 heterocycles. The zero-order valence-corrected chi connectivity index (χ0v) is 12.5. The maximum atomic E-state index is 10.8. The molecule has 0 fully saturated rings. The van der Waals surface area contributed by atoms with Crippen molar-refractivity contribution < 1.29 is 9.90 Å². The molecule has 0 unspecified atom stereocenters. The van der Waals surface area contributed by atoms with Crippen LogP contribution in [0.25, 0.3) is 9.75 Å². The van der Waals surface area contributed by atoms with E-state index in [4.69, 9.17) is 5.11 Å². The lowest BCUT2D eigenvalue weighted by molar-refractivity contribution is 0.0697. The van der Waals surface area contributed by atoms with E-state index in [-0.39, 0.29) is 5.56 Å². The van der Waals surface area contributed by atoms with Gasteiger partial charge >= 0.3 is 5.97 Å². The number of aromatic carboxylic acids is 1. The molecule has 0 amide bonds. The summed E-state index contributed by atoms with van der Waals surface area (Å²) in [7, 11) is 0. The highest BCUT2D eigenvalue weighted by molar-refractivity contribution is 7.22. The van der Waals surface area contributed by atoms with E-state index >= 15 is 0 Å². The van der Waals surface area contributed by atoms with Gasteiger partial charge in [-0.1, -0.05) is 6.07 Å². The molecule has 1 N–H and O–H groups in total. The number of carboxylic acids is 1. The topological polar surface area (TPSA) is 49.7 Å². The molecule has 5 heteroatoms. The van der Waals surface area contributed by atoms with Crippen LogP contribution in [0.2, 0.25) is 0 Å². The molecule has 0 aliphatic heterocycles. The van der Waals surface area contributed by atoms with Crippen molar-refractivity contribution in [1.82, 2.24) is 0 Å². The second-order valence-corrected chi connectivity index (χ2v) is 6.35. The van der Waals surface area contributed by atoms with Crippen LogP contribution in [0.3, 0.4) is 0 Å². The van der Waals surface area contributed by atoms with E-state index in [0.717, 1.165) is 10.6 Å². The first-order chi connectivity index (χ1) is 10.2. The van der Waals surface area contributed by atoms with Crippen LogP contribution < -0.4 is 0 Å². The van der Waals surface area contributed by atoms with Crippen molar-refractivity contribution in [1.29, 1.82) is 0 Å². The number of aliphatic imine (C=N–C) groups is 1. The Morgan fingerprint density at radius 2 is 1.86 bits per heavy atom. The summed E-state index contributed by atoms with van der Waals surface area (Å²) >= 11 is 3.40. The maximum Gasteiger partial charge on any atom is 0.335 e. The van der Waals surface area contributed by atoms with Crippen molar-refractivity contribution in [3.05, 3.63) is 64.4 Å². The molecule has 0 saturated carbocycles. The first-order valence-electron chi connectivity index (χ1n) is 6.23. The van der Waals surface area contributed by atoms with Gasteiger partial charge in [0.1, 0.15) is 0 Å². The summed E-state index contributed by atoms with van der Waals surface area (Å²) in [6, 6.07) is 14.8. The summed E-state index contributed by atoms with van der Waals surface area (Å²) < 4.78 is 0. The van der Waals surface area contributed by atoms with Gasteiger partial charge in [-0.2, -0.15) is 0 Å². The van der Waals surface area contributed by atoms with Crippen molar-refractivity contribution >= 4 is 40.5 Å². The van der Waals surface area contributed by atoms with Gasteiger partial charge in [0.15, 0.2) is 0 Å². The summed E-state index contributed by atoms with van der Waals surface area (Å²) in [6.45, 7) is 0. The molecular formula is C16H11NO2S2. The van der Waals surface area contributed by atoms with Gasteiger partial charge in [-0.15, -0.1) is 22.7 Å². The number of benzene rings is 1. The standard InChI is InChI=1S/C16H11NO2S2/c18-16(19)11-3-5-12(6-4-11)17-10-13-7-8-15(21-13)14-2-1-9-20-14/h1-10H,(H,18,19). The lowest BCUT2D eigenvalue weighted by Crippen LogP contribution is -1.94. The zero-order valence-electron chi connectivity index (χ0n) is 10.9. The second kappa shape index (κ2) is 6.03. The molecule has 0 atom stereocenters. The SMILES string of the molecule is O=C(O)c1ccc(N=Cc2ccc(-c3cccs3)s2)cc1. The Labute approximate surface area is 129 Å².